The van der Waals surface area contributed by atoms with E-state index in [1.54, 1.807) is 18.2 Å². The Morgan fingerprint density at radius 3 is 2.92 bits per heavy atom. The molecule has 0 spiro atoms. The van der Waals surface area contributed by atoms with Crippen molar-refractivity contribution in [3.8, 4) is 0 Å². The van der Waals surface area contributed by atoms with Crippen LogP contribution in [0.1, 0.15) is 5.56 Å². The Labute approximate surface area is 75.0 Å². The summed E-state index contributed by atoms with van der Waals surface area (Å²) < 4.78 is 0. The van der Waals surface area contributed by atoms with Crippen LogP contribution in [0.3, 0.4) is 0 Å². The number of anilines is 1. The van der Waals surface area contributed by atoms with Crippen LogP contribution < -0.4 is 5.32 Å². The van der Waals surface area contributed by atoms with Gasteiger partial charge in [-0.1, -0.05) is 12.1 Å². The second kappa shape index (κ2) is 3.97. The number of hydrogen-bond acceptors (Lipinski definition) is 1. The predicted molar refractivity (Wildman–Crippen MR) is 47.6 cm³/mol. The highest BCUT2D eigenvalue weighted by atomic mass is 35.5. The first-order chi connectivity index (χ1) is 5.72. The van der Waals surface area contributed by atoms with Crippen molar-refractivity contribution in [3.63, 3.8) is 0 Å². The van der Waals surface area contributed by atoms with Gasteiger partial charge in [-0.05, 0) is 17.7 Å². The molecule has 0 aliphatic rings. The zero-order chi connectivity index (χ0) is 8.97. The van der Waals surface area contributed by atoms with E-state index in [9.17, 15) is 4.79 Å². The molecule has 0 unspecified atom stereocenters. The topological polar surface area (TPSA) is 49.3 Å². The standard InChI is InChI=1S/C8H8ClNO2/c9-5-6-2-1-3-7(4-6)10-8(11)12/h1-4,10H,5H2,(H,11,12). The van der Waals surface area contributed by atoms with Gasteiger partial charge < -0.3 is 5.11 Å². The van der Waals surface area contributed by atoms with Gasteiger partial charge in [-0.3, -0.25) is 5.32 Å². The van der Waals surface area contributed by atoms with Crippen molar-refractivity contribution >= 4 is 23.4 Å². The fraction of sp³-hybridized carbons (Fsp3) is 0.125. The van der Waals surface area contributed by atoms with Crippen LogP contribution in [0.5, 0.6) is 0 Å². The zero-order valence-corrected chi connectivity index (χ0v) is 7.01. The third-order valence-corrected chi connectivity index (χ3v) is 1.64. The lowest BCUT2D eigenvalue weighted by molar-refractivity contribution is 0.210. The first kappa shape index (κ1) is 8.87. The number of hydrogen-bond donors (Lipinski definition) is 2. The molecule has 3 nitrogen and oxygen atoms in total. The van der Waals surface area contributed by atoms with E-state index in [4.69, 9.17) is 16.7 Å². The molecular formula is C8H8ClNO2. The van der Waals surface area contributed by atoms with E-state index >= 15 is 0 Å². The lowest BCUT2D eigenvalue weighted by atomic mass is 10.2. The maximum atomic E-state index is 10.2. The Hall–Kier alpha value is -1.22. The fourth-order valence-corrected chi connectivity index (χ4v) is 1.02. The summed E-state index contributed by atoms with van der Waals surface area (Å²) >= 11 is 5.56. The van der Waals surface area contributed by atoms with Crippen LogP contribution in [0.25, 0.3) is 0 Å². The summed E-state index contributed by atoms with van der Waals surface area (Å²) in [6.07, 6.45) is -1.07. The molecule has 0 aliphatic carbocycles. The molecule has 0 radical (unpaired) electrons. The van der Waals surface area contributed by atoms with Crippen LogP contribution in [0.15, 0.2) is 24.3 Å². The Bertz CT molecular complexity index is 288. The first-order valence-electron chi connectivity index (χ1n) is 3.37. The summed E-state index contributed by atoms with van der Waals surface area (Å²) in [5.74, 6) is 0.384. The zero-order valence-electron chi connectivity index (χ0n) is 6.25. The minimum Gasteiger partial charge on any atom is -0.465 e. The van der Waals surface area contributed by atoms with Crippen LogP contribution in [0.2, 0.25) is 0 Å². The normalized spacial score (nSPS) is 9.42. The highest BCUT2D eigenvalue weighted by Crippen LogP contribution is 2.11. The highest BCUT2D eigenvalue weighted by molar-refractivity contribution is 6.17. The van der Waals surface area contributed by atoms with E-state index in [2.05, 4.69) is 5.32 Å². The van der Waals surface area contributed by atoms with Gasteiger partial charge in [-0.15, -0.1) is 11.6 Å². The van der Waals surface area contributed by atoms with E-state index in [1.807, 2.05) is 6.07 Å². The number of carboxylic acid groups (broad SMARTS) is 1. The van der Waals surface area contributed by atoms with Gasteiger partial charge in [0.25, 0.3) is 0 Å². The maximum Gasteiger partial charge on any atom is 0.409 e. The van der Waals surface area contributed by atoms with E-state index in [0.717, 1.165) is 5.56 Å². The van der Waals surface area contributed by atoms with Crippen molar-refractivity contribution < 1.29 is 9.90 Å². The minimum absolute atomic E-state index is 0.384. The SMILES string of the molecule is O=C(O)Nc1cccc(CCl)c1. The number of nitrogens with one attached hydrogen (secondary N) is 1. The molecule has 0 fully saturated rings. The summed E-state index contributed by atoms with van der Waals surface area (Å²) in [4.78, 5) is 10.2. The van der Waals surface area contributed by atoms with Gasteiger partial charge in [0.15, 0.2) is 0 Å². The van der Waals surface area contributed by atoms with Gasteiger partial charge in [0.05, 0.1) is 0 Å². The molecule has 1 amide bonds. The van der Waals surface area contributed by atoms with Crippen molar-refractivity contribution in [3.05, 3.63) is 29.8 Å². The van der Waals surface area contributed by atoms with Gasteiger partial charge in [0, 0.05) is 11.6 Å². The predicted octanol–water partition coefficient (Wildman–Crippen LogP) is 2.52. The summed E-state index contributed by atoms with van der Waals surface area (Å²) in [5, 5.41) is 10.6. The number of rotatable bonds is 2. The number of carbonyl (C=O) groups is 1. The third kappa shape index (κ3) is 2.43. The molecule has 0 aliphatic heterocycles. The molecule has 1 aromatic carbocycles. The average Bonchev–Trinajstić information content (AvgIpc) is 2.03. The van der Waals surface area contributed by atoms with E-state index < -0.39 is 6.09 Å². The molecule has 0 atom stereocenters. The lowest BCUT2D eigenvalue weighted by Crippen LogP contribution is -2.06. The van der Waals surface area contributed by atoms with Gasteiger partial charge >= 0.3 is 6.09 Å². The molecular weight excluding hydrogens is 178 g/mol. The molecule has 0 heterocycles. The van der Waals surface area contributed by atoms with Crippen molar-refractivity contribution in [2.75, 3.05) is 5.32 Å². The van der Waals surface area contributed by atoms with E-state index in [0.29, 0.717) is 11.6 Å². The van der Waals surface area contributed by atoms with E-state index in [1.165, 1.54) is 0 Å². The van der Waals surface area contributed by atoms with Gasteiger partial charge in [0.1, 0.15) is 0 Å². The van der Waals surface area contributed by atoms with Crippen molar-refractivity contribution in [2.45, 2.75) is 5.88 Å². The van der Waals surface area contributed by atoms with Crippen LogP contribution in [0, 0.1) is 0 Å². The molecule has 2 N–H and O–H groups in total. The van der Waals surface area contributed by atoms with Crippen molar-refractivity contribution in [2.24, 2.45) is 0 Å². The summed E-state index contributed by atoms with van der Waals surface area (Å²) in [7, 11) is 0. The second-order valence-electron chi connectivity index (χ2n) is 2.26. The van der Waals surface area contributed by atoms with Crippen LogP contribution >= 0.6 is 11.6 Å². The van der Waals surface area contributed by atoms with E-state index in [-0.39, 0.29) is 0 Å². The molecule has 4 heteroatoms. The summed E-state index contributed by atoms with van der Waals surface area (Å²) in [5.41, 5.74) is 1.43. The molecule has 0 saturated heterocycles. The summed E-state index contributed by atoms with van der Waals surface area (Å²) in [6.45, 7) is 0. The maximum absolute atomic E-state index is 10.2. The molecule has 0 saturated carbocycles. The third-order valence-electron chi connectivity index (χ3n) is 1.33. The molecule has 0 aromatic heterocycles. The molecule has 12 heavy (non-hydrogen) atoms. The average molecular weight is 186 g/mol. The number of amides is 1. The van der Waals surface area contributed by atoms with Crippen molar-refractivity contribution in [1.82, 2.24) is 0 Å². The Morgan fingerprint density at radius 1 is 1.58 bits per heavy atom. The van der Waals surface area contributed by atoms with Gasteiger partial charge in [-0.2, -0.15) is 0 Å². The fourth-order valence-electron chi connectivity index (χ4n) is 0.856. The Balaban J connectivity index is 2.79. The van der Waals surface area contributed by atoms with Gasteiger partial charge in [0.2, 0.25) is 0 Å². The lowest BCUT2D eigenvalue weighted by Gasteiger charge is -2.01. The molecule has 1 aromatic rings. The quantitative estimate of drug-likeness (QED) is 0.696. The second-order valence-corrected chi connectivity index (χ2v) is 2.53. The smallest absolute Gasteiger partial charge is 0.409 e. The molecule has 1 rings (SSSR count). The van der Waals surface area contributed by atoms with Crippen LogP contribution in [0.4, 0.5) is 10.5 Å². The number of alkyl halides is 1. The summed E-state index contributed by atoms with van der Waals surface area (Å²) in [6, 6.07) is 6.95. The Morgan fingerprint density at radius 2 is 2.33 bits per heavy atom. The van der Waals surface area contributed by atoms with Crippen LogP contribution in [-0.2, 0) is 5.88 Å². The largest absolute Gasteiger partial charge is 0.465 e. The highest BCUT2D eigenvalue weighted by Gasteiger charge is 1.97. The molecule has 64 valence electrons. The number of benzene rings is 1. The van der Waals surface area contributed by atoms with Crippen molar-refractivity contribution in [1.29, 1.82) is 0 Å². The number of halogens is 1. The van der Waals surface area contributed by atoms with Crippen LogP contribution in [-0.4, -0.2) is 11.2 Å². The minimum atomic E-state index is -1.07. The first-order valence-corrected chi connectivity index (χ1v) is 3.90. The monoisotopic (exact) mass is 185 g/mol. The van der Waals surface area contributed by atoms with Gasteiger partial charge in [-0.25, -0.2) is 4.79 Å². The molecule has 0 bridgehead atoms. The Kier molecular flexibility index (Phi) is 2.94.